The zero-order valence-corrected chi connectivity index (χ0v) is 9.95. The lowest BCUT2D eigenvalue weighted by Gasteiger charge is -1.96. The molecule has 0 saturated carbocycles. The number of aromatic nitrogens is 3. The van der Waals surface area contributed by atoms with Gasteiger partial charge in [0, 0.05) is 0 Å². The molecule has 0 aliphatic heterocycles. The van der Waals surface area contributed by atoms with Crippen LogP contribution in [-0.4, -0.2) is 21.1 Å². The number of hydrogen-bond acceptors (Lipinski definition) is 3. The molecule has 0 saturated heterocycles. The van der Waals surface area contributed by atoms with Crippen molar-refractivity contribution in [3.8, 4) is 0 Å². The van der Waals surface area contributed by atoms with Gasteiger partial charge in [0.25, 0.3) is 0 Å². The molecule has 0 fully saturated rings. The number of aromatic amines is 1. The molecule has 1 aromatic heterocycles. The molecule has 0 atom stereocenters. The summed E-state index contributed by atoms with van der Waals surface area (Å²) in [4.78, 5) is 0. The fraction of sp³-hybridized carbons (Fsp3) is 0.182. The van der Waals surface area contributed by atoms with Crippen molar-refractivity contribution in [2.45, 2.75) is 13.8 Å². The predicted octanol–water partition coefficient (Wildman–Crippen LogP) is 2.44. The van der Waals surface area contributed by atoms with Gasteiger partial charge in [-0.3, -0.25) is 5.10 Å². The molecule has 0 amide bonds. The highest BCUT2D eigenvalue weighted by Crippen LogP contribution is 2.02. The van der Waals surface area contributed by atoms with E-state index < -0.39 is 0 Å². The van der Waals surface area contributed by atoms with E-state index in [1.807, 2.05) is 32.0 Å². The number of benzene rings is 1. The second-order valence-corrected chi connectivity index (χ2v) is 3.93. The van der Waals surface area contributed by atoms with Crippen LogP contribution in [0.5, 0.6) is 0 Å². The average Bonchev–Trinajstić information content (AvgIpc) is 2.56. The van der Waals surface area contributed by atoms with E-state index in [0.717, 1.165) is 11.4 Å². The largest absolute Gasteiger partial charge is 0.250 e. The summed E-state index contributed by atoms with van der Waals surface area (Å²) in [5, 5.41) is 10.9. The topological polar surface area (TPSA) is 46.0 Å². The molecule has 82 valence electrons. The van der Waals surface area contributed by atoms with Crippen LogP contribution in [0.2, 0.25) is 0 Å². The first kappa shape index (κ1) is 10.8. The van der Waals surface area contributed by atoms with Crippen LogP contribution in [0.15, 0.2) is 29.4 Å². The molecule has 1 aromatic carbocycles. The molecule has 0 spiro atoms. The molecule has 2 rings (SSSR count). The number of H-pyrrole nitrogens is 1. The van der Waals surface area contributed by atoms with Crippen LogP contribution in [-0.2, 0) is 0 Å². The lowest BCUT2D eigenvalue weighted by atomic mass is 10.2. The van der Waals surface area contributed by atoms with Gasteiger partial charge in [0.15, 0.2) is 0 Å². The zero-order valence-electron chi connectivity index (χ0n) is 9.14. The number of rotatable bonds is 2. The van der Waals surface area contributed by atoms with Crippen molar-refractivity contribution in [1.82, 2.24) is 14.9 Å². The summed E-state index contributed by atoms with van der Waals surface area (Å²) < 4.78 is 2.10. The van der Waals surface area contributed by atoms with Crippen molar-refractivity contribution >= 4 is 18.4 Å². The molecule has 4 nitrogen and oxygen atoms in total. The minimum absolute atomic E-state index is 0.501. The van der Waals surface area contributed by atoms with Crippen molar-refractivity contribution in [2.24, 2.45) is 5.10 Å². The Morgan fingerprint density at radius 2 is 2.25 bits per heavy atom. The van der Waals surface area contributed by atoms with Gasteiger partial charge in [-0.1, -0.05) is 29.8 Å². The molecular formula is C11H12N4S. The predicted molar refractivity (Wildman–Crippen MR) is 66.3 cm³/mol. The normalized spacial score (nSPS) is 11.1. The third-order valence-corrected chi connectivity index (χ3v) is 2.44. The van der Waals surface area contributed by atoms with E-state index >= 15 is 0 Å². The lowest BCUT2D eigenvalue weighted by molar-refractivity contribution is 0.821. The zero-order chi connectivity index (χ0) is 11.5. The van der Waals surface area contributed by atoms with E-state index in [-0.39, 0.29) is 0 Å². The van der Waals surface area contributed by atoms with Crippen LogP contribution in [0.25, 0.3) is 0 Å². The van der Waals surface area contributed by atoms with Crippen molar-refractivity contribution in [3.05, 3.63) is 46.0 Å². The lowest BCUT2D eigenvalue weighted by Crippen LogP contribution is -1.93. The summed E-state index contributed by atoms with van der Waals surface area (Å²) in [7, 11) is 0. The second-order valence-electron chi connectivity index (χ2n) is 3.55. The minimum atomic E-state index is 0.501. The molecule has 2 aromatic rings. The van der Waals surface area contributed by atoms with Gasteiger partial charge >= 0.3 is 0 Å². The summed E-state index contributed by atoms with van der Waals surface area (Å²) in [5.41, 5.74) is 2.25. The standard InChI is InChI=1S/C11H12N4S/c1-8-4-3-5-10(6-8)7-12-15-9(2)13-14-11(15)16/h3-7H,1-2H3,(H,14,16)/b12-7-. The molecule has 5 heteroatoms. The summed E-state index contributed by atoms with van der Waals surface area (Å²) >= 11 is 5.05. The van der Waals surface area contributed by atoms with Crippen LogP contribution in [0.3, 0.4) is 0 Å². The van der Waals surface area contributed by atoms with Gasteiger partial charge in [-0.15, -0.1) is 0 Å². The summed E-state index contributed by atoms with van der Waals surface area (Å²) in [6.07, 6.45) is 1.77. The first-order valence-corrected chi connectivity index (χ1v) is 5.33. The van der Waals surface area contributed by atoms with Crippen LogP contribution in [0.4, 0.5) is 0 Å². The van der Waals surface area contributed by atoms with Crippen molar-refractivity contribution in [2.75, 3.05) is 0 Å². The number of aryl methyl sites for hydroxylation is 2. The Morgan fingerprint density at radius 1 is 1.44 bits per heavy atom. The Kier molecular flexibility index (Phi) is 2.96. The molecule has 0 bridgehead atoms. The number of hydrogen-bond donors (Lipinski definition) is 1. The van der Waals surface area contributed by atoms with Gasteiger partial charge < -0.3 is 0 Å². The van der Waals surface area contributed by atoms with Crippen LogP contribution < -0.4 is 0 Å². The smallest absolute Gasteiger partial charge is 0.216 e. The first-order valence-electron chi connectivity index (χ1n) is 4.92. The van der Waals surface area contributed by atoms with Gasteiger partial charge in [0.1, 0.15) is 5.82 Å². The van der Waals surface area contributed by atoms with Crippen molar-refractivity contribution in [1.29, 1.82) is 0 Å². The van der Waals surface area contributed by atoms with Gasteiger partial charge in [0.05, 0.1) is 6.21 Å². The Hall–Kier alpha value is -1.75. The maximum absolute atomic E-state index is 5.05. The monoisotopic (exact) mass is 232 g/mol. The van der Waals surface area contributed by atoms with Gasteiger partial charge in [-0.25, -0.2) is 0 Å². The number of nitrogens with zero attached hydrogens (tertiary/aromatic N) is 3. The molecule has 0 radical (unpaired) electrons. The van der Waals surface area contributed by atoms with Crippen LogP contribution in [0.1, 0.15) is 17.0 Å². The fourth-order valence-corrected chi connectivity index (χ4v) is 1.61. The third-order valence-electron chi connectivity index (χ3n) is 2.18. The average molecular weight is 232 g/mol. The van der Waals surface area contributed by atoms with E-state index in [9.17, 15) is 0 Å². The molecule has 16 heavy (non-hydrogen) atoms. The molecular weight excluding hydrogens is 220 g/mol. The minimum Gasteiger partial charge on any atom is -0.250 e. The third kappa shape index (κ3) is 2.25. The molecule has 1 N–H and O–H groups in total. The molecule has 0 unspecified atom stereocenters. The Morgan fingerprint density at radius 3 is 2.88 bits per heavy atom. The summed E-state index contributed by atoms with van der Waals surface area (Å²) in [6.45, 7) is 3.89. The van der Waals surface area contributed by atoms with Crippen molar-refractivity contribution < 1.29 is 0 Å². The molecule has 0 aliphatic carbocycles. The van der Waals surface area contributed by atoms with E-state index in [0.29, 0.717) is 4.77 Å². The van der Waals surface area contributed by atoms with Crippen LogP contribution >= 0.6 is 12.2 Å². The fourth-order valence-electron chi connectivity index (χ4n) is 1.38. The highest BCUT2D eigenvalue weighted by Gasteiger charge is 1.96. The number of nitrogens with one attached hydrogen (secondary N) is 1. The second kappa shape index (κ2) is 4.40. The van der Waals surface area contributed by atoms with Gasteiger partial charge in [-0.05, 0) is 31.6 Å². The highest BCUT2D eigenvalue weighted by atomic mass is 32.1. The van der Waals surface area contributed by atoms with E-state index in [4.69, 9.17) is 12.2 Å². The Balaban J connectivity index is 2.32. The van der Waals surface area contributed by atoms with E-state index in [1.165, 1.54) is 5.56 Å². The Labute approximate surface area is 98.6 Å². The van der Waals surface area contributed by atoms with Gasteiger partial charge in [-0.2, -0.15) is 14.9 Å². The van der Waals surface area contributed by atoms with Crippen molar-refractivity contribution in [3.63, 3.8) is 0 Å². The van der Waals surface area contributed by atoms with E-state index in [2.05, 4.69) is 21.4 Å². The van der Waals surface area contributed by atoms with Crippen LogP contribution in [0, 0.1) is 18.6 Å². The van der Waals surface area contributed by atoms with E-state index in [1.54, 1.807) is 10.9 Å². The molecule has 1 heterocycles. The summed E-state index contributed by atoms with van der Waals surface area (Å²) in [5.74, 6) is 0.744. The quantitative estimate of drug-likeness (QED) is 0.638. The Bertz CT molecular complexity index is 580. The highest BCUT2D eigenvalue weighted by molar-refractivity contribution is 7.71. The molecule has 0 aliphatic rings. The maximum Gasteiger partial charge on any atom is 0.216 e. The SMILES string of the molecule is Cc1cccc(/C=N\n2c(C)n[nH]c2=S)c1. The maximum atomic E-state index is 5.05. The summed E-state index contributed by atoms with van der Waals surface area (Å²) in [6, 6.07) is 8.10. The van der Waals surface area contributed by atoms with Gasteiger partial charge in [0.2, 0.25) is 4.77 Å². The first-order chi connectivity index (χ1) is 7.66.